The van der Waals surface area contributed by atoms with Crippen LogP contribution in [-0.4, -0.2) is 39.6 Å². The molecule has 0 aliphatic heterocycles. The first kappa shape index (κ1) is 19.9. The Morgan fingerprint density at radius 1 is 1.20 bits per heavy atom. The minimum absolute atomic E-state index is 0.00262. The van der Waals surface area contributed by atoms with Crippen molar-refractivity contribution in [3.05, 3.63) is 71.0 Å². The highest BCUT2D eigenvalue weighted by molar-refractivity contribution is 7.89. The number of nitrogens with two attached hydrogens (primary N) is 1. The second-order valence-electron chi connectivity index (χ2n) is 6.34. The third-order valence-electron chi connectivity index (χ3n) is 4.34. The minimum atomic E-state index is -3.79. The van der Waals surface area contributed by atoms with Crippen LogP contribution >= 0.6 is 11.3 Å². The molecule has 0 unspecified atom stereocenters. The summed E-state index contributed by atoms with van der Waals surface area (Å²) in [6.07, 6.45) is 4.14. The lowest BCUT2D eigenvalue weighted by Gasteiger charge is -2.05. The number of primary sulfonamides is 1. The van der Waals surface area contributed by atoms with Gasteiger partial charge in [0.2, 0.25) is 21.0 Å². The van der Waals surface area contributed by atoms with E-state index < -0.39 is 10.0 Å². The van der Waals surface area contributed by atoms with Gasteiger partial charge in [-0.3, -0.25) is 9.78 Å². The molecule has 0 fully saturated rings. The maximum Gasteiger partial charge on any atom is 0.238 e. The van der Waals surface area contributed by atoms with Crippen LogP contribution in [0.25, 0.3) is 16.4 Å². The average Bonchev–Trinajstić information content (AvgIpc) is 3.33. The Balaban J connectivity index is 1.80. The predicted octanol–water partition coefficient (Wildman–Crippen LogP) is 2.15. The van der Waals surface area contributed by atoms with Crippen LogP contribution in [-0.2, 0) is 16.4 Å². The molecular formula is C19H15N5O4S2. The van der Waals surface area contributed by atoms with Crippen LogP contribution in [0.1, 0.15) is 21.6 Å². The number of sulfonamides is 1. The van der Waals surface area contributed by atoms with Crippen molar-refractivity contribution in [2.45, 2.75) is 11.3 Å². The quantitative estimate of drug-likeness (QED) is 0.437. The molecule has 4 aromatic rings. The lowest BCUT2D eigenvalue weighted by Crippen LogP contribution is -2.11. The molecule has 4 rings (SSSR count). The summed E-state index contributed by atoms with van der Waals surface area (Å²) in [6.45, 7) is 0. The number of carbonyl (C=O) groups is 1. The van der Waals surface area contributed by atoms with E-state index in [0.29, 0.717) is 28.2 Å². The van der Waals surface area contributed by atoms with Gasteiger partial charge in [0.1, 0.15) is 11.4 Å². The van der Waals surface area contributed by atoms with Crippen molar-refractivity contribution in [2.75, 3.05) is 0 Å². The first-order valence-electron chi connectivity index (χ1n) is 8.61. The van der Waals surface area contributed by atoms with E-state index in [1.54, 1.807) is 36.0 Å². The van der Waals surface area contributed by atoms with Gasteiger partial charge in [-0.05, 0) is 29.8 Å². The molecule has 30 heavy (non-hydrogen) atoms. The minimum Gasteiger partial charge on any atom is -0.493 e. The standard InChI is InChI=1S/C19H15N5O4S2/c20-30(27,28)15-5-3-12(4-6-15)8-16-17(13-2-1-7-21-9-13)23-24(18(16)26)19-22-14(10-25)11-29-19/h1-7,9-11,26H,8H2,(H2,20,27,28). The van der Waals surface area contributed by atoms with Crippen LogP contribution in [0.3, 0.4) is 0 Å². The Morgan fingerprint density at radius 2 is 1.97 bits per heavy atom. The van der Waals surface area contributed by atoms with Crippen LogP contribution in [0.5, 0.6) is 5.88 Å². The fourth-order valence-electron chi connectivity index (χ4n) is 2.90. The van der Waals surface area contributed by atoms with Crippen molar-refractivity contribution in [3.63, 3.8) is 0 Å². The van der Waals surface area contributed by atoms with Gasteiger partial charge in [0, 0.05) is 35.3 Å². The normalized spacial score (nSPS) is 11.5. The summed E-state index contributed by atoms with van der Waals surface area (Å²) in [7, 11) is -3.79. The molecule has 0 atom stereocenters. The van der Waals surface area contributed by atoms with Gasteiger partial charge in [0.25, 0.3) is 0 Å². The summed E-state index contributed by atoms with van der Waals surface area (Å²) in [5.74, 6) is -0.129. The highest BCUT2D eigenvalue weighted by Gasteiger charge is 2.22. The molecule has 3 aromatic heterocycles. The SMILES string of the molecule is NS(=O)(=O)c1ccc(Cc2c(-c3cccnc3)nn(-c3nc(C=O)cs3)c2O)cc1. The number of aromatic nitrogens is 4. The fourth-order valence-corrected chi connectivity index (χ4v) is 4.14. The number of thiazole rings is 1. The predicted molar refractivity (Wildman–Crippen MR) is 110 cm³/mol. The van der Waals surface area contributed by atoms with Crippen LogP contribution < -0.4 is 5.14 Å². The number of benzene rings is 1. The van der Waals surface area contributed by atoms with Gasteiger partial charge in [-0.15, -0.1) is 11.3 Å². The van der Waals surface area contributed by atoms with E-state index in [9.17, 15) is 18.3 Å². The number of aromatic hydroxyl groups is 1. The first-order valence-corrected chi connectivity index (χ1v) is 11.0. The number of hydrogen-bond donors (Lipinski definition) is 2. The lowest BCUT2D eigenvalue weighted by molar-refractivity contribution is 0.111. The summed E-state index contributed by atoms with van der Waals surface area (Å²) < 4.78 is 24.2. The van der Waals surface area contributed by atoms with Crippen molar-refractivity contribution < 1.29 is 18.3 Å². The first-order chi connectivity index (χ1) is 14.4. The van der Waals surface area contributed by atoms with E-state index >= 15 is 0 Å². The van der Waals surface area contributed by atoms with Gasteiger partial charge in [-0.25, -0.2) is 18.5 Å². The highest BCUT2D eigenvalue weighted by Crippen LogP contribution is 2.34. The summed E-state index contributed by atoms with van der Waals surface area (Å²) in [6, 6.07) is 9.63. The van der Waals surface area contributed by atoms with Gasteiger partial charge < -0.3 is 5.11 Å². The van der Waals surface area contributed by atoms with E-state index in [0.717, 1.165) is 5.56 Å². The van der Waals surface area contributed by atoms with Crippen molar-refractivity contribution in [2.24, 2.45) is 5.14 Å². The van der Waals surface area contributed by atoms with Gasteiger partial charge in [0.15, 0.2) is 6.29 Å². The van der Waals surface area contributed by atoms with Crippen molar-refractivity contribution in [1.82, 2.24) is 19.7 Å². The van der Waals surface area contributed by atoms with Crippen LogP contribution in [0.4, 0.5) is 0 Å². The summed E-state index contributed by atoms with van der Waals surface area (Å²) in [4.78, 5) is 19.2. The topological polar surface area (TPSA) is 141 Å². The fraction of sp³-hybridized carbons (Fsp3) is 0.0526. The molecule has 11 heteroatoms. The van der Waals surface area contributed by atoms with E-state index in [1.165, 1.54) is 28.2 Å². The zero-order chi connectivity index (χ0) is 21.3. The molecule has 0 saturated carbocycles. The van der Waals surface area contributed by atoms with Gasteiger partial charge in [-0.2, -0.15) is 9.78 Å². The van der Waals surface area contributed by atoms with Crippen LogP contribution in [0, 0.1) is 0 Å². The molecule has 0 aliphatic carbocycles. The third kappa shape index (κ3) is 3.85. The van der Waals surface area contributed by atoms with Crippen LogP contribution in [0.15, 0.2) is 59.1 Å². The molecular weight excluding hydrogens is 426 g/mol. The monoisotopic (exact) mass is 441 g/mol. The van der Waals surface area contributed by atoms with Crippen molar-refractivity contribution in [1.29, 1.82) is 0 Å². The number of pyridine rings is 1. The Labute approximate surface area is 175 Å². The maximum absolute atomic E-state index is 11.5. The van der Waals surface area contributed by atoms with E-state index in [2.05, 4.69) is 15.1 Å². The zero-order valence-corrected chi connectivity index (χ0v) is 17.0. The van der Waals surface area contributed by atoms with Crippen molar-refractivity contribution >= 4 is 27.6 Å². The number of hydrogen-bond acceptors (Lipinski definition) is 8. The Morgan fingerprint density at radius 3 is 2.57 bits per heavy atom. The molecule has 0 radical (unpaired) electrons. The largest absolute Gasteiger partial charge is 0.493 e. The summed E-state index contributed by atoms with van der Waals surface area (Å²) >= 11 is 1.17. The summed E-state index contributed by atoms with van der Waals surface area (Å²) in [5.41, 5.74) is 2.69. The van der Waals surface area contributed by atoms with Crippen molar-refractivity contribution in [3.8, 4) is 22.3 Å². The molecule has 9 nitrogen and oxygen atoms in total. The molecule has 0 aliphatic rings. The zero-order valence-electron chi connectivity index (χ0n) is 15.3. The van der Waals surface area contributed by atoms with E-state index in [4.69, 9.17) is 5.14 Å². The highest BCUT2D eigenvalue weighted by atomic mass is 32.2. The second-order valence-corrected chi connectivity index (χ2v) is 8.74. The van der Waals surface area contributed by atoms with E-state index in [1.807, 2.05) is 6.07 Å². The maximum atomic E-state index is 11.5. The Hall–Kier alpha value is -3.41. The second kappa shape index (κ2) is 7.78. The number of nitrogens with zero attached hydrogens (tertiary/aromatic N) is 4. The third-order valence-corrected chi connectivity index (χ3v) is 6.10. The van der Waals surface area contributed by atoms with Crippen LogP contribution in [0.2, 0.25) is 0 Å². The van der Waals surface area contributed by atoms with Gasteiger partial charge in [-0.1, -0.05) is 12.1 Å². The molecule has 152 valence electrons. The number of carbonyl (C=O) groups excluding carboxylic acids is 1. The molecule has 3 heterocycles. The lowest BCUT2D eigenvalue weighted by atomic mass is 10.0. The average molecular weight is 441 g/mol. The number of rotatable bonds is 6. The van der Waals surface area contributed by atoms with Gasteiger partial charge >= 0.3 is 0 Å². The van der Waals surface area contributed by atoms with E-state index in [-0.39, 0.29) is 22.9 Å². The smallest absolute Gasteiger partial charge is 0.238 e. The molecule has 0 saturated heterocycles. The molecule has 3 N–H and O–H groups in total. The van der Waals surface area contributed by atoms with Gasteiger partial charge in [0.05, 0.1) is 4.90 Å². The Kier molecular flexibility index (Phi) is 5.16. The molecule has 0 spiro atoms. The number of aldehydes is 1. The molecule has 1 aromatic carbocycles. The molecule has 0 bridgehead atoms. The Bertz CT molecular complexity index is 1310. The summed E-state index contributed by atoms with van der Waals surface area (Å²) in [5, 5.41) is 22.4. The molecule has 0 amide bonds.